The van der Waals surface area contributed by atoms with E-state index >= 15 is 0 Å². The van der Waals surface area contributed by atoms with Crippen LogP contribution in [0, 0.1) is 0 Å². The van der Waals surface area contributed by atoms with Gasteiger partial charge in [-0.05, 0) is 46.2 Å². The van der Waals surface area contributed by atoms with E-state index in [0.717, 1.165) is 0 Å². The Hall–Kier alpha value is -2.78. The predicted molar refractivity (Wildman–Crippen MR) is 108 cm³/mol. The number of alkyl carbamates (subject to hydrolysis) is 1. The summed E-state index contributed by atoms with van der Waals surface area (Å²) in [4.78, 5) is 24.5. The summed E-state index contributed by atoms with van der Waals surface area (Å²) in [5, 5.41) is 13.5. The van der Waals surface area contributed by atoms with Crippen molar-refractivity contribution in [3.8, 4) is 17.2 Å². The molecule has 1 aromatic carbocycles. The van der Waals surface area contributed by atoms with E-state index in [9.17, 15) is 14.7 Å². The summed E-state index contributed by atoms with van der Waals surface area (Å²) < 4.78 is 28.2. The summed E-state index contributed by atoms with van der Waals surface area (Å²) >= 11 is 0. The highest BCUT2D eigenvalue weighted by molar-refractivity contribution is 5.85. The van der Waals surface area contributed by atoms with E-state index in [1.54, 1.807) is 40.7 Å². The molecule has 0 radical (unpaired) electrons. The first-order valence-electron chi connectivity index (χ1n) is 10.1. The third kappa shape index (κ3) is 4.07. The van der Waals surface area contributed by atoms with Gasteiger partial charge < -0.3 is 34.1 Å². The smallest absolute Gasteiger partial charge is 0.407 e. The minimum absolute atomic E-state index is 0.0550. The van der Waals surface area contributed by atoms with Crippen LogP contribution in [-0.2, 0) is 14.2 Å². The molecule has 1 amide bonds. The molecular weight excluding hydrogens is 406 g/mol. The van der Waals surface area contributed by atoms with Gasteiger partial charge in [-0.2, -0.15) is 0 Å². The van der Waals surface area contributed by atoms with E-state index in [1.165, 1.54) is 0 Å². The molecule has 4 rings (SSSR count). The van der Waals surface area contributed by atoms with Crippen molar-refractivity contribution < 1.29 is 38.4 Å². The van der Waals surface area contributed by atoms with Crippen LogP contribution in [0.5, 0.6) is 17.2 Å². The number of hydrogen-bond donors (Lipinski definition) is 2. The second-order valence-corrected chi connectivity index (χ2v) is 9.23. The molecule has 1 fully saturated rings. The van der Waals surface area contributed by atoms with Gasteiger partial charge in [0.1, 0.15) is 17.8 Å². The van der Waals surface area contributed by atoms with Crippen LogP contribution >= 0.6 is 0 Å². The van der Waals surface area contributed by atoms with Crippen molar-refractivity contribution in [3.63, 3.8) is 0 Å². The van der Waals surface area contributed by atoms with Crippen molar-refractivity contribution in [1.29, 1.82) is 0 Å². The normalized spacial score (nSPS) is 28.2. The number of phenolic OH excluding ortho intramolecular Hbond substituents is 1. The topological polar surface area (TPSA) is 113 Å². The molecule has 1 aliphatic carbocycles. The first kappa shape index (κ1) is 21.5. The van der Waals surface area contributed by atoms with Crippen molar-refractivity contribution in [1.82, 2.24) is 5.32 Å². The van der Waals surface area contributed by atoms with Gasteiger partial charge >= 0.3 is 6.09 Å². The summed E-state index contributed by atoms with van der Waals surface area (Å²) in [6.45, 7) is 8.84. The Morgan fingerprint density at radius 3 is 2.68 bits per heavy atom. The number of ether oxygens (including phenoxy) is 5. The number of fused-ring (bicyclic) bond motifs is 2. The molecule has 0 saturated carbocycles. The highest BCUT2D eigenvalue weighted by Gasteiger charge is 2.50. The van der Waals surface area contributed by atoms with Gasteiger partial charge in [-0.1, -0.05) is 12.2 Å². The Morgan fingerprint density at radius 1 is 1.26 bits per heavy atom. The number of rotatable bonds is 3. The summed E-state index contributed by atoms with van der Waals surface area (Å²) in [6, 6.07) is 1.01. The number of carbonyl (C=O) groups is 2. The number of phenols is 1. The number of aromatic hydroxyl groups is 1. The zero-order valence-corrected chi connectivity index (χ0v) is 18.1. The van der Waals surface area contributed by atoms with Crippen molar-refractivity contribution in [2.75, 3.05) is 6.79 Å². The lowest BCUT2D eigenvalue weighted by Gasteiger charge is -2.36. The molecule has 0 spiro atoms. The average molecular weight is 433 g/mol. The van der Waals surface area contributed by atoms with Gasteiger partial charge in [0.05, 0.1) is 11.6 Å². The largest absolute Gasteiger partial charge is 0.504 e. The van der Waals surface area contributed by atoms with E-state index in [0.29, 0.717) is 17.6 Å². The minimum atomic E-state index is -0.854. The van der Waals surface area contributed by atoms with E-state index in [-0.39, 0.29) is 23.9 Å². The van der Waals surface area contributed by atoms with E-state index in [2.05, 4.69) is 5.32 Å². The van der Waals surface area contributed by atoms with Gasteiger partial charge in [0.2, 0.25) is 12.5 Å². The van der Waals surface area contributed by atoms with Crippen LogP contribution in [0.3, 0.4) is 0 Å². The van der Waals surface area contributed by atoms with Gasteiger partial charge in [-0.3, -0.25) is 4.79 Å². The second kappa shape index (κ2) is 7.42. The van der Waals surface area contributed by atoms with E-state index in [1.807, 2.05) is 12.2 Å². The SMILES string of the molecule is CC(C)(C)OC(=O)N[C@H]1[C@@H]2OC(C)(C)O[C@@H]2C=C[C@@H]1c1cc2c(c(O)c1C=O)OCO2. The Labute approximate surface area is 180 Å². The van der Waals surface area contributed by atoms with Crippen LogP contribution in [0.25, 0.3) is 0 Å². The van der Waals surface area contributed by atoms with Crippen molar-refractivity contribution in [2.24, 2.45) is 0 Å². The molecular formula is C22H27NO8. The van der Waals surface area contributed by atoms with Gasteiger partial charge in [0.15, 0.2) is 23.6 Å². The molecule has 1 saturated heterocycles. The fourth-order valence-electron chi connectivity index (χ4n) is 4.17. The molecule has 0 unspecified atom stereocenters. The second-order valence-electron chi connectivity index (χ2n) is 9.23. The Bertz CT molecular complexity index is 932. The van der Waals surface area contributed by atoms with Crippen molar-refractivity contribution >= 4 is 12.4 Å². The van der Waals surface area contributed by atoms with E-state index in [4.69, 9.17) is 23.7 Å². The maximum absolute atomic E-state index is 12.6. The third-order valence-electron chi connectivity index (χ3n) is 5.28. The zero-order chi connectivity index (χ0) is 22.6. The molecule has 2 aliphatic heterocycles. The van der Waals surface area contributed by atoms with Crippen LogP contribution in [-0.4, -0.2) is 53.9 Å². The van der Waals surface area contributed by atoms with Gasteiger partial charge in [0.25, 0.3) is 0 Å². The molecule has 4 atom stereocenters. The molecule has 31 heavy (non-hydrogen) atoms. The molecule has 9 heteroatoms. The monoisotopic (exact) mass is 433 g/mol. The van der Waals surface area contributed by atoms with Crippen LogP contribution < -0.4 is 14.8 Å². The molecule has 9 nitrogen and oxygen atoms in total. The maximum atomic E-state index is 12.6. The Balaban J connectivity index is 1.75. The summed E-state index contributed by atoms with van der Waals surface area (Å²) in [6.07, 6.45) is 2.68. The lowest BCUT2D eigenvalue weighted by Crippen LogP contribution is -2.53. The average Bonchev–Trinajstić information content (AvgIpc) is 3.23. The molecule has 168 valence electrons. The van der Waals surface area contributed by atoms with Crippen molar-refractivity contribution in [2.45, 2.75) is 70.2 Å². The number of carbonyl (C=O) groups excluding carboxylic acids is 2. The highest BCUT2D eigenvalue weighted by atomic mass is 16.8. The minimum Gasteiger partial charge on any atom is -0.504 e. The number of nitrogens with one attached hydrogen (secondary N) is 1. The molecule has 1 aromatic rings. The maximum Gasteiger partial charge on any atom is 0.407 e. The number of aldehydes is 1. The summed E-state index contributed by atoms with van der Waals surface area (Å²) in [5.41, 5.74) is -0.159. The molecule has 2 heterocycles. The lowest BCUT2D eigenvalue weighted by molar-refractivity contribution is -0.145. The van der Waals surface area contributed by atoms with E-state index < -0.39 is 41.6 Å². The highest BCUT2D eigenvalue weighted by Crippen LogP contribution is 2.48. The number of amides is 1. The molecule has 0 aromatic heterocycles. The fourth-order valence-corrected chi connectivity index (χ4v) is 4.17. The summed E-state index contributed by atoms with van der Waals surface area (Å²) in [7, 11) is 0. The van der Waals surface area contributed by atoms with Crippen LogP contribution in [0.1, 0.15) is 56.5 Å². The van der Waals surface area contributed by atoms with Crippen LogP contribution in [0.15, 0.2) is 18.2 Å². The molecule has 2 N–H and O–H groups in total. The van der Waals surface area contributed by atoms with Crippen LogP contribution in [0.2, 0.25) is 0 Å². The molecule has 0 bridgehead atoms. The fraction of sp³-hybridized carbons (Fsp3) is 0.545. The zero-order valence-electron chi connectivity index (χ0n) is 18.1. The third-order valence-corrected chi connectivity index (χ3v) is 5.28. The Kier molecular flexibility index (Phi) is 5.13. The van der Waals surface area contributed by atoms with Gasteiger partial charge in [-0.15, -0.1) is 0 Å². The predicted octanol–water partition coefficient (Wildman–Crippen LogP) is 3.00. The lowest BCUT2D eigenvalue weighted by atomic mass is 9.80. The number of benzene rings is 1. The number of hydrogen-bond acceptors (Lipinski definition) is 8. The molecule has 3 aliphatic rings. The van der Waals surface area contributed by atoms with Crippen molar-refractivity contribution in [3.05, 3.63) is 29.3 Å². The van der Waals surface area contributed by atoms with Gasteiger partial charge in [0, 0.05) is 5.92 Å². The quantitative estimate of drug-likeness (QED) is 0.553. The first-order valence-corrected chi connectivity index (χ1v) is 10.1. The van der Waals surface area contributed by atoms with Gasteiger partial charge in [-0.25, -0.2) is 4.79 Å². The van der Waals surface area contributed by atoms with Crippen LogP contribution in [0.4, 0.5) is 4.79 Å². The Morgan fingerprint density at radius 2 is 2.00 bits per heavy atom. The summed E-state index contributed by atoms with van der Waals surface area (Å²) in [5.74, 6) is -1.22. The standard InChI is InChI=1S/C22H27NO8/c1-21(2,3)31-20(26)23-16-11(6-7-14-18(16)30-22(4,5)29-14)12-8-15-19(28-10-27-15)17(25)13(12)9-24/h6-9,11,14,16,18,25H,10H2,1-5H3,(H,23,26)/t11-,14-,16-,18-/m1/s1. The first-order chi connectivity index (χ1) is 14.5.